The molecule has 3 nitrogen and oxygen atoms in total. The summed E-state index contributed by atoms with van der Waals surface area (Å²) >= 11 is 0. The van der Waals surface area contributed by atoms with Crippen LogP contribution < -0.4 is 5.73 Å². The Kier molecular flexibility index (Phi) is 3.54. The van der Waals surface area contributed by atoms with Crippen LogP contribution in [0.5, 0.6) is 0 Å². The van der Waals surface area contributed by atoms with E-state index in [1.54, 1.807) is 0 Å². The van der Waals surface area contributed by atoms with Crippen molar-refractivity contribution in [2.24, 2.45) is 11.7 Å². The normalized spacial score (nSPS) is 30.7. The minimum Gasteiger partial charge on any atom is -0.417 e. The van der Waals surface area contributed by atoms with Crippen LogP contribution in [-0.4, -0.2) is 20.5 Å². The summed E-state index contributed by atoms with van der Waals surface area (Å²) < 4.78 is 6.11. The van der Waals surface area contributed by atoms with Gasteiger partial charge in [-0.3, -0.25) is 0 Å². The number of rotatable bonds is 3. The summed E-state index contributed by atoms with van der Waals surface area (Å²) in [5.41, 5.74) is 5.24. The maximum atomic E-state index is 8.81. The molecule has 1 aliphatic rings. The predicted molar refractivity (Wildman–Crippen MR) is 68.4 cm³/mol. The molecule has 0 atom stereocenters. The second kappa shape index (κ2) is 4.14. The van der Waals surface area contributed by atoms with Crippen LogP contribution in [0.25, 0.3) is 0 Å². The first-order valence-electron chi connectivity index (χ1n) is 5.94. The first-order chi connectivity index (χ1) is 7.10. The molecule has 92 valence electrons. The van der Waals surface area contributed by atoms with Gasteiger partial charge in [-0.1, -0.05) is 20.8 Å². The molecule has 0 heterocycles. The summed E-state index contributed by atoms with van der Waals surface area (Å²) in [6, 6.07) is 2.17. The van der Waals surface area contributed by atoms with Crippen molar-refractivity contribution in [2.75, 3.05) is 6.61 Å². The van der Waals surface area contributed by atoms with E-state index in [2.05, 4.69) is 39.9 Å². The summed E-state index contributed by atoms with van der Waals surface area (Å²) in [6.07, 6.45) is 1.58. The van der Waals surface area contributed by atoms with Gasteiger partial charge in [0.2, 0.25) is 0 Å². The van der Waals surface area contributed by atoms with E-state index in [0.29, 0.717) is 5.92 Å². The van der Waals surface area contributed by atoms with Crippen molar-refractivity contribution in [2.45, 2.75) is 57.3 Å². The smallest absolute Gasteiger partial charge is 0.191 e. The zero-order chi connectivity index (χ0) is 12.6. The largest absolute Gasteiger partial charge is 0.417 e. The molecule has 0 amide bonds. The second-order valence-electron chi connectivity index (χ2n) is 6.61. The van der Waals surface area contributed by atoms with Gasteiger partial charge in [0.15, 0.2) is 8.32 Å². The fourth-order valence-electron chi connectivity index (χ4n) is 1.72. The van der Waals surface area contributed by atoms with E-state index in [9.17, 15) is 0 Å². The van der Waals surface area contributed by atoms with Crippen LogP contribution in [0.1, 0.15) is 33.6 Å². The van der Waals surface area contributed by atoms with Crippen LogP contribution in [0, 0.1) is 17.2 Å². The molecule has 1 saturated carbocycles. The highest BCUT2D eigenvalue weighted by Gasteiger charge is 2.43. The molecule has 2 N–H and O–H groups in total. The lowest BCUT2D eigenvalue weighted by Crippen LogP contribution is -2.53. The Hall–Kier alpha value is -0.373. The molecule has 0 aliphatic heterocycles. The molecule has 1 fully saturated rings. The topological polar surface area (TPSA) is 59.0 Å². The molecule has 0 radical (unpaired) electrons. The van der Waals surface area contributed by atoms with Crippen molar-refractivity contribution in [3.05, 3.63) is 0 Å². The Labute approximate surface area is 100 Å². The molecule has 16 heavy (non-hydrogen) atoms. The molecule has 1 rings (SSSR count). The van der Waals surface area contributed by atoms with Crippen LogP contribution in [0.3, 0.4) is 0 Å². The SMILES string of the molecule is CC(C)(C)[Si](C)(C)OCC1CC(N)(C#N)C1. The van der Waals surface area contributed by atoms with Crippen molar-refractivity contribution in [3.63, 3.8) is 0 Å². The fourth-order valence-corrected chi connectivity index (χ4v) is 2.81. The van der Waals surface area contributed by atoms with Gasteiger partial charge in [-0.25, -0.2) is 0 Å². The highest BCUT2D eigenvalue weighted by Crippen LogP contribution is 2.40. The van der Waals surface area contributed by atoms with Gasteiger partial charge in [0.05, 0.1) is 6.07 Å². The number of nitrogens with two attached hydrogens (primary N) is 1. The van der Waals surface area contributed by atoms with Gasteiger partial charge in [0.25, 0.3) is 0 Å². The van der Waals surface area contributed by atoms with E-state index in [-0.39, 0.29) is 5.04 Å². The Morgan fingerprint density at radius 3 is 2.31 bits per heavy atom. The molecule has 0 spiro atoms. The molecule has 0 aromatic rings. The second-order valence-corrected chi connectivity index (χ2v) is 11.4. The van der Waals surface area contributed by atoms with E-state index >= 15 is 0 Å². The molecular weight excluding hydrogens is 216 g/mol. The molecule has 0 saturated heterocycles. The van der Waals surface area contributed by atoms with Gasteiger partial charge in [-0.2, -0.15) is 5.26 Å². The number of nitrogens with zero attached hydrogens (tertiary/aromatic N) is 1. The third-order valence-electron chi connectivity index (χ3n) is 4.01. The van der Waals surface area contributed by atoms with Crippen LogP contribution in [0.2, 0.25) is 18.1 Å². The van der Waals surface area contributed by atoms with E-state index in [1.165, 1.54) is 0 Å². The Morgan fingerprint density at radius 1 is 1.44 bits per heavy atom. The van der Waals surface area contributed by atoms with E-state index in [4.69, 9.17) is 15.4 Å². The van der Waals surface area contributed by atoms with Gasteiger partial charge in [0.1, 0.15) is 5.54 Å². The van der Waals surface area contributed by atoms with Gasteiger partial charge in [-0.05, 0) is 36.9 Å². The van der Waals surface area contributed by atoms with Crippen LogP contribution >= 0.6 is 0 Å². The fraction of sp³-hybridized carbons (Fsp3) is 0.917. The summed E-state index contributed by atoms with van der Waals surface area (Å²) in [4.78, 5) is 0. The molecule has 0 bridgehead atoms. The van der Waals surface area contributed by atoms with Crippen molar-refractivity contribution >= 4 is 8.32 Å². The summed E-state index contributed by atoms with van der Waals surface area (Å²) in [7, 11) is -1.63. The summed E-state index contributed by atoms with van der Waals surface area (Å²) in [6.45, 7) is 12.0. The molecule has 4 heteroatoms. The average Bonchev–Trinajstić information content (AvgIpc) is 2.08. The van der Waals surface area contributed by atoms with E-state index in [0.717, 1.165) is 19.4 Å². The van der Waals surface area contributed by atoms with Crippen LogP contribution in [-0.2, 0) is 4.43 Å². The average molecular weight is 240 g/mol. The monoisotopic (exact) mass is 240 g/mol. The highest BCUT2D eigenvalue weighted by molar-refractivity contribution is 6.74. The lowest BCUT2D eigenvalue weighted by Gasteiger charge is -2.43. The van der Waals surface area contributed by atoms with E-state index < -0.39 is 13.9 Å². The molecular formula is C12H24N2OSi. The molecule has 0 aromatic carbocycles. The van der Waals surface area contributed by atoms with Crippen molar-refractivity contribution in [1.29, 1.82) is 5.26 Å². The summed E-state index contributed by atoms with van der Waals surface area (Å²) in [5.74, 6) is 0.485. The van der Waals surface area contributed by atoms with Crippen molar-refractivity contribution in [1.82, 2.24) is 0 Å². The number of hydrogen-bond donors (Lipinski definition) is 1. The lowest BCUT2D eigenvalue weighted by atomic mass is 9.70. The maximum Gasteiger partial charge on any atom is 0.191 e. The highest BCUT2D eigenvalue weighted by atomic mass is 28.4. The van der Waals surface area contributed by atoms with Gasteiger partial charge >= 0.3 is 0 Å². The van der Waals surface area contributed by atoms with Crippen LogP contribution in [0.15, 0.2) is 0 Å². The standard InChI is InChI=1S/C12H24N2OSi/c1-11(2,3)16(4,5)15-8-10-6-12(14,7-10)9-13/h10H,6-8,14H2,1-5H3. The Bertz CT molecular complexity index is 295. The quantitative estimate of drug-likeness (QED) is 0.771. The van der Waals surface area contributed by atoms with Gasteiger partial charge in [0, 0.05) is 6.61 Å². The minimum atomic E-state index is -1.63. The summed E-state index contributed by atoms with van der Waals surface area (Å²) in [5, 5.41) is 9.07. The third-order valence-corrected chi connectivity index (χ3v) is 8.52. The minimum absolute atomic E-state index is 0.256. The first kappa shape index (κ1) is 13.7. The number of hydrogen-bond acceptors (Lipinski definition) is 3. The van der Waals surface area contributed by atoms with Crippen molar-refractivity contribution < 1.29 is 4.43 Å². The van der Waals surface area contributed by atoms with Crippen molar-refractivity contribution in [3.8, 4) is 6.07 Å². The van der Waals surface area contributed by atoms with Crippen LogP contribution in [0.4, 0.5) is 0 Å². The first-order valence-corrected chi connectivity index (χ1v) is 8.85. The predicted octanol–water partition coefficient (Wildman–Crippen LogP) is 2.64. The molecule has 0 unspecified atom stereocenters. The van der Waals surface area contributed by atoms with Gasteiger partial charge in [-0.15, -0.1) is 0 Å². The Balaban J connectivity index is 2.36. The molecule has 1 aliphatic carbocycles. The van der Waals surface area contributed by atoms with E-state index in [1.807, 2.05) is 0 Å². The zero-order valence-corrected chi connectivity index (χ0v) is 12.1. The van der Waals surface area contributed by atoms with Gasteiger partial charge < -0.3 is 10.2 Å². The zero-order valence-electron chi connectivity index (χ0n) is 11.1. The Morgan fingerprint density at radius 2 is 1.94 bits per heavy atom. The lowest BCUT2D eigenvalue weighted by molar-refractivity contribution is 0.118. The number of nitriles is 1. The maximum absolute atomic E-state index is 8.81. The third kappa shape index (κ3) is 2.85. The molecule has 0 aromatic heterocycles.